The molecular formula is C24H23N5O2. The molecule has 1 N–H and O–H groups in total. The first-order valence-electron chi connectivity index (χ1n) is 10.5. The summed E-state index contributed by atoms with van der Waals surface area (Å²) in [6.07, 6.45) is 7.74. The summed E-state index contributed by atoms with van der Waals surface area (Å²) in [6, 6.07) is 16.0. The van der Waals surface area contributed by atoms with Crippen LogP contribution >= 0.6 is 0 Å². The van der Waals surface area contributed by atoms with Crippen LogP contribution in [0.5, 0.6) is 0 Å². The minimum atomic E-state index is -0.804. The molecule has 0 unspecified atom stereocenters. The number of carboxylic acids is 1. The Morgan fingerprint density at radius 3 is 2.65 bits per heavy atom. The maximum Gasteiger partial charge on any atom is 0.307 e. The number of piperidine rings is 1. The molecule has 7 heteroatoms. The molecule has 0 saturated carbocycles. The highest BCUT2D eigenvalue weighted by molar-refractivity contribution is 5.76. The van der Waals surface area contributed by atoms with E-state index in [4.69, 9.17) is 10.1 Å². The number of benzene rings is 2. The lowest BCUT2D eigenvalue weighted by Gasteiger charge is -2.34. The second-order valence-electron chi connectivity index (χ2n) is 7.91. The summed E-state index contributed by atoms with van der Waals surface area (Å²) in [5, 5.41) is 13.6. The molecule has 31 heavy (non-hydrogen) atoms. The Morgan fingerprint density at radius 2 is 1.84 bits per heavy atom. The molecule has 0 radical (unpaired) electrons. The van der Waals surface area contributed by atoms with Crippen molar-refractivity contribution in [3.8, 4) is 11.3 Å². The van der Waals surface area contributed by atoms with E-state index < -0.39 is 5.97 Å². The van der Waals surface area contributed by atoms with E-state index in [2.05, 4.69) is 27.2 Å². The third-order valence-electron chi connectivity index (χ3n) is 5.82. The molecule has 0 atom stereocenters. The van der Waals surface area contributed by atoms with Crippen LogP contribution in [-0.4, -0.2) is 43.9 Å². The zero-order valence-corrected chi connectivity index (χ0v) is 17.1. The van der Waals surface area contributed by atoms with Crippen LogP contribution in [0.3, 0.4) is 0 Å². The lowest BCUT2D eigenvalue weighted by molar-refractivity contribution is -0.136. The maximum absolute atomic E-state index is 11.0. The average Bonchev–Trinajstić information content (AvgIpc) is 3.29. The first kappa shape index (κ1) is 19.2. The van der Waals surface area contributed by atoms with Gasteiger partial charge in [-0.2, -0.15) is 5.10 Å². The molecule has 1 saturated heterocycles. The molecule has 2 aromatic carbocycles. The monoisotopic (exact) mass is 413 g/mol. The van der Waals surface area contributed by atoms with Crippen LogP contribution < -0.4 is 4.90 Å². The maximum atomic E-state index is 11.0. The van der Waals surface area contributed by atoms with Crippen molar-refractivity contribution in [2.75, 3.05) is 18.0 Å². The summed E-state index contributed by atoms with van der Waals surface area (Å²) < 4.78 is 2.05. The van der Waals surface area contributed by atoms with E-state index in [0.29, 0.717) is 6.04 Å². The second-order valence-corrected chi connectivity index (χ2v) is 7.91. The van der Waals surface area contributed by atoms with Gasteiger partial charge in [-0.3, -0.25) is 14.5 Å². The van der Waals surface area contributed by atoms with Gasteiger partial charge in [0.15, 0.2) is 0 Å². The molecule has 1 aliphatic rings. The van der Waals surface area contributed by atoms with E-state index in [-0.39, 0.29) is 6.42 Å². The number of fused-ring (bicyclic) bond motifs is 1. The lowest BCUT2D eigenvalue weighted by Crippen LogP contribution is -2.34. The minimum Gasteiger partial charge on any atom is -0.481 e. The molecule has 0 bridgehead atoms. The number of carbonyl (C=O) groups is 1. The van der Waals surface area contributed by atoms with Gasteiger partial charge in [-0.15, -0.1) is 0 Å². The zero-order chi connectivity index (χ0) is 21.2. The van der Waals surface area contributed by atoms with Gasteiger partial charge in [0.1, 0.15) is 0 Å². The molecule has 1 aliphatic heterocycles. The first-order valence-corrected chi connectivity index (χ1v) is 10.5. The van der Waals surface area contributed by atoms with Crippen LogP contribution in [0.15, 0.2) is 67.1 Å². The Bertz CT molecular complexity index is 1230. The minimum absolute atomic E-state index is 0.0536. The Hall–Kier alpha value is -3.74. The number of carboxylic acid groups (broad SMARTS) is 1. The van der Waals surface area contributed by atoms with E-state index in [0.717, 1.165) is 59.5 Å². The van der Waals surface area contributed by atoms with E-state index in [1.807, 2.05) is 53.3 Å². The van der Waals surface area contributed by atoms with Gasteiger partial charge in [0.2, 0.25) is 0 Å². The molecule has 1 fully saturated rings. The molecule has 3 heterocycles. The van der Waals surface area contributed by atoms with Gasteiger partial charge in [0.25, 0.3) is 0 Å². The highest BCUT2D eigenvalue weighted by Gasteiger charge is 2.22. The van der Waals surface area contributed by atoms with Gasteiger partial charge in [0, 0.05) is 30.5 Å². The van der Waals surface area contributed by atoms with Gasteiger partial charge >= 0.3 is 5.97 Å². The predicted octanol–water partition coefficient (Wildman–Crippen LogP) is 3.96. The van der Waals surface area contributed by atoms with Crippen molar-refractivity contribution in [3.05, 3.63) is 72.7 Å². The number of aromatic nitrogens is 4. The number of para-hydroxylation sites is 2. The van der Waals surface area contributed by atoms with Crippen LogP contribution in [0.25, 0.3) is 22.3 Å². The zero-order valence-electron chi connectivity index (χ0n) is 17.1. The van der Waals surface area contributed by atoms with Crippen molar-refractivity contribution in [1.29, 1.82) is 0 Å². The highest BCUT2D eigenvalue weighted by Crippen LogP contribution is 2.28. The fourth-order valence-corrected chi connectivity index (χ4v) is 4.19. The molecule has 2 aromatic heterocycles. The molecule has 4 aromatic rings. The van der Waals surface area contributed by atoms with Gasteiger partial charge < -0.3 is 10.0 Å². The van der Waals surface area contributed by atoms with E-state index in [9.17, 15) is 4.79 Å². The van der Waals surface area contributed by atoms with Gasteiger partial charge in [0.05, 0.1) is 41.6 Å². The highest BCUT2D eigenvalue weighted by atomic mass is 16.4. The van der Waals surface area contributed by atoms with Crippen molar-refractivity contribution in [1.82, 2.24) is 19.7 Å². The Morgan fingerprint density at radius 1 is 1.03 bits per heavy atom. The van der Waals surface area contributed by atoms with Crippen LogP contribution in [0.2, 0.25) is 0 Å². The van der Waals surface area contributed by atoms with Crippen molar-refractivity contribution < 1.29 is 9.90 Å². The average molecular weight is 413 g/mol. The molecule has 0 spiro atoms. The Balaban J connectivity index is 1.27. The van der Waals surface area contributed by atoms with Gasteiger partial charge in [-0.1, -0.05) is 24.3 Å². The number of rotatable bonds is 5. The summed E-state index contributed by atoms with van der Waals surface area (Å²) >= 11 is 0. The Labute approximate surface area is 180 Å². The van der Waals surface area contributed by atoms with E-state index in [1.165, 1.54) is 0 Å². The first-order chi connectivity index (χ1) is 15.2. The summed E-state index contributed by atoms with van der Waals surface area (Å²) in [5.41, 5.74) is 5.49. The normalized spacial score (nSPS) is 14.8. The molecule has 7 nitrogen and oxygen atoms in total. The van der Waals surface area contributed by atoms with Crippen LogP contribution in [0.1, 0.15) is 24.4 Å². The number of nitrogens with zero attached hydrogens (tertiary/aromatic N) is 5. The smallest absolute Gasteiger partial charge is 0.307 e. The summed E-state index contributed by atoms with van der Waals surface area (Å²) in [5.74, 6) is -0.804. The van der Waals surface area contributed by atoms with E-state index in [1.54, 1.807) is 6.20 Å². The van der Waals surface area contributed by atoms with Crippen LogP contribution in [0, 0.1) is 0 Å². The van der Waals surface area contributed by atoms with Crippen molar-refractivity contribution >= 4 is 22.7 Å². The van der Waals surface area contributed by atoms with Gasteiger partial charge in [-0.25, -0.2) is 4.98 Å². The fraction of sp³-hybridized carbons (Fsp3) is 0.250. The third-order valence-corrected chi connectivity index (χ3v) is 5.82. The molecular weight excluding hydrogens is 390 g/mol. The number of hydrogen-bond acceptors (Lipinski definition) is 5. The lowest BCUT2D eigenvalue weighted by atomic mass is 10.0. The second kappa shape index (κ2) is 8.18. The van der Waals surface area contributed by atoms with Gasteiger partial charge in [-0.05, 0) is 42.7 Å². The van der Waals surface area contributed by atoms with Crippen LogP contribution in [-0.2, 0) is 11.2 Å². The topological polar surface area (TPSA) is 84.1 Å². The molecule has 0 amide bonds. The Kier molecular flexibility index (Phi) is 5.08. The fourth-order valence-electron chi connectivity index (χ4n) is 4.19. The third kappa shape index (κ3) is 4.12. The predicted molar refractivity (Wildman–Crippen MR) is 119 cm³/mol. The quantitative estimate of drug-likeness (QED) is 0.533. The molecule has 0 aliphatic carbocycles. The summed E-state index contributed by atoms with van der Waals surface area (Å²) in [4.78, 5) is 22.5. The molecule has 156 valence electrons. The largest absolute Gasteiger partial charge is 0.481 e. The van der Waals surface area contributed by atoms with E-state index >= 15 is 0 Å². The number of aliphatic carboxylic acids is 1. The number of anilines is 1. The van der Waals surface area contributed by atoms with Crippen molar-refractivity contribution in [3.63, 3.8) is 0 Å². The van der Waals surface area contributed by atoms with Crippen molar-refractivity contribution in [2.45, 2.75) is 25.3 Å². The molecule has 5 rings (SSSR count). The SMILES string of the molecule is O=C(O)Cc1cccc(N2CCC(n3cc(-c4cnc5ccccc5n4)cn3)CC2)c1. The number of hydrogen-bond donors (Lipinski definition) is 1. The summed E-state index contributed by atoms with van der Waals surface area (Å²) in [6.45, 7) is 1.82. The summed E-state index contributed by atoms with van der Waals surface area (Å²) in [7, 11) is 0. The standard InChI is InChI=1S/C24H23N5O2/c30-24(31)13-17-4-3-5-20(12-17)28-10-8-19(9-11-28)29-16-18(14-26-29)23-15-25-21-6-1-2-7-22(21)27-23/h1-7,12,14-16,19H,8-11,13H2,(H,30,31). The van der Waals surface area contributed by atoms with Crippen LogP contribution in [0.4, 0.5) is 5.69 Å². The van der Waals surface area contributed by atoms with Crippen molar-refractivity contribution in [2.24, 2.45) is 0 Å².